The normalized spacial score (nSPS) is 12.9. The molecule has 0 fully saturated rings. The van der Waals surface area contributed by atoms with Crippen molar-refractivity contribution in [3.05, 3.63) is 97.2 Å². The van der Waals surface area contributed by atoms with Gasteiger partial charge in [-0.1, -0.05) is 195 Å². The van der Waals surface area contributed by atoms with Crippen molar-refractivity contribution in [1.29, 1.82) is 0 Å². The van der Waals surface area contributed by atoms with E-state index in [1.807, 2.05) is 0 Å². The fraction of sp³-hybridized carbons (Fsp3) is 0.655. The number of carbonyl (C=O) groups excluding carboxylic acids is 3. The maximum absolute atomic E-state index is 12.7. The average Bonchev–Trinajstić information content (AvgIpc) is 3.26. The van der Waals surface area contributed by atoms with Gasteiger partial charge < -0.3 is 14.2 Å². The first kappa shape index (κ1) is 57.3. The molecule has 0 heterocycles. The van der Waals surface area contributed by atoms with Gasteiger partial charge in [0.15, 0.2) is 6.10 Å². The number of rotatable bonds is 43. The van der Waals surface area contributed by atoms with Crippen LogP contribution in [0.4, 0.5) is 0 Å². The van der Waals surface area contributed by atoms with Gasteiger partial charge in [-0.05, 0) is 96.3 Å². The monoisotopic (exact) mass is 847 g/mol. The minimum atomic E-state index is -0.788. The molecule has 0 rings (SSSR count). The molecule has 6 heteroatoms. The van der Waals surface area contributed by atoms with Gasteiger partial charge in [0.25, 0.3) is 0 Å². The van der Waals surface area contributed by atoms with Crippen molar-refractivity contribution in [2.45, 2.75) is 219 Å². The second-order valence-corrected chi connectivity index (χ2v) is 16.0. The molecule has 0 bridgehead atoms. The van der Waals surface area contributed by atoms with Crippen LogP contribution in [-0.4, -0.2) is 37.2 Å². The summed E-state index contributed by atoms with van der Waals surface area (Å²) < 4.78 is 16.6. The summed E-state index contributed by atoms with van der Waals surface area (Å²) in [6.07, 6.45) is 64.2. The molecule has 0 aromatic rings. The molecular weight excluding hydrogens is 757 g/mol. The maximum Gasteiger partial charge on any atom is 0.306 e. The van der Waals surface area contributed by atoms with E-state index in [2.05, 4.69) is 118 Å². The quantitative estimate of drug-likeness (QED) is 0.0263. The van der Waals surface area contributed by atoms with Crippen LogP contribution in [0.5, 0.6) is 0 Å². The molecule has 0 saturated heterocycles. The Hall–Kier alpha value is -3.67. The molecule has 0 aliphatic heterocycles. The van der Waals surface area contributed by atoms with Gasteiger partial charge in [0, 0.05) is 19.3 Å². The van der Waals surface area contributed by atoms with Gasteiger partial charge in [-0.2, -0.15) is 0 Å². The number of carbonyl (C=O) groups is 3. The first-order valence-electron chi connectivity index (χ1n) is 24.7. The summed E-state index contributed by atoms with van der Waals surface area (Å²) >= 11 is 0. The summed E-state index contributed by atoms with van der Waals surface area (Å²) in [7, 11) is 0. The fourth-order valence-electron chi connectivity index (χ4n) is 6.42. The lowest BCUT2D eigenvalue weighted by Gasteiger charge is -2.18. The first-order chi connectivity index (χ1) is 30.0. The Morgan fingerprint density at radius 3 is 1.00 bits per heavy atom. The number of hydrogen-bond donors (Lipinski definition) is 0. The predicted molar refractivity (Wildman–Crippen MR) is 260 cm³/mol. The second-order valence-electron chi connectivity index (χ2n) is 16.0. The molecule has 0 N–H and O–H groups in total. The molecule has 0 amide bonds. The van der Waals surface area contributed by atoms with Crippen molar-refractivity contribution in [3.8, 4) is 0 Å². The SMILES string of the molecule is CC/C=C\C/C=C\C/C=C\C/C=C\CCCCCCCCC(=O)OCC(COC(=O)CCCCCCC)OC(=O)CCCCCCCC/C=C\C/C=C\C/C=C\C/C=C\CC. The van der Waals surface area contributed by atoms with E-state index in [9.17, 15) is 14.4 Å². The van der Waals surface area contributed by atoms with Gasteiger partial charge in [0.05, 0.1) is 0 Å². The zero-order valence-electron chi connectivity index (χ0n) is 39.4. The van der Waals surface area contributed by atoms with Crippen molar-refractivity contribution in [2.24, 2.45) is 0 Å². The molecule has 0 saturated carbocycles. The smallest absolute Gasteiger partial charge is 0.306 e. The lowest BCUT2D eigenvalue weighted by Crippen LogP contribution is -2.30. The highest BCUT2D eigenvalue weighted by Crippen LogP contribution is 2.13. The fourth-order valence-corrected chi connectivity index (χ4v) is 6.42. The zero-order chi connectivity index (χ0) is 44.4. The lowest BCUT2D eigenvalue weighted by molar-refractivity contribution is -0.167. The van der Waals surface area contributed by atoms with Gasteiger partial charge in [0.2, 0.25) is 0 Å². The van der Waals surface area contributed by atoms with Crippen molar-refractivity contribution < 1.29 is 28.6 Å². The Morgan fingerprint density at radius 1 is 0.344 bits per heavy atom. The molecule has 0 aliphatic rings. The second kappa shape index (κ2) is 49.0. The van der Waals surface area contributed by atoms with E-state index in [0.29, 0.717) is 19.3 Å². The highest BCUT2D eigenvalue weighted by Gasteiger charge is 2.19. The highest BCUT2D eigenvalue weighted by molar-refractivity contribution is 5.71. The number of hydrogen-bond acceptors (Lipinski definition) is 6. The first-order valence-corrected chi connectivity index (χ1v) is 24.7. The largest absolute Gasteiger partial charge is 0.462 e. The van der Waals surface area contributed by atoms with Crippen LogP contribution in [0.25, 0.3) is 0 Å². The van der Waals surface area contributed by atoms with Gasteiger partial charge in [-0.3, -0.25) is 14.4 Å². The lowest BCUT2D eigenvalue weighted by atomic mass is 10.1. The molecule has 0 aromatic carbocycles. The minimum absolute atomic E-state index is 0.0903. The Morgan fingerprint density at radius 2 is 0.639 bits per heavy atom. The third-order valence-electron chi connectivity index (χ3n) is 10.1. The van der Waals surface area contributed by atoms with Crippen molar-refractivity contribution in [2.75, 3.05) is 13.2 Å². The van der Waals surface area contributed by atoms with E-state index in [4.69, 9.17) is 14.2 Å². The van der Waals surface area contributed by atoms with Crippen molar-refractivity contribution in [3.63, 3.8) is 0 Å². The molecule has 6 nitrogen and oxygen atoms in total. The van der Waals surface area contributed by atoms with Crippen LogP contribution >= 0.6 is 0 Å². The number of ether oxygens (including phenoxy) is 3. The molecule has 1 atom stereocenters. The van der Waals surface area contributed by atoms with Crippen LogP contribution in [0.3, 0.4) is 0 Å². The maximum atomic E-state index is 12.7. The minimum Gasteiger partial charge on any atom is -0.462 e. The Labute approximate surface area is 375 Å². The molecule has 1 unspecified atom stereocenters. The molecule has 346 valence electrons. The van der Waals surface area contributed by atoms with Gasteiger partial charge in [0.1, 0.15) is 13.2 Å². The third kappa shape index (κ3) is 47.2. The van der Waals surface area contributed by atoms with Gasteiger partial charge in [-0.15, -0.1) is 0 Å². The molecule has 0 aromatic heterocycles. The summed E-state index contributed by atoms with van der Waals surface area (Å²) in [5.74, 6) is -0.938. The number of esters is 3. The Kier molecular flexibility index (Phi) is 46.0. The van der Waals surface area contributed by atoms with Crippen LogP contribution in [-0.2, 0) is 28.6 Å². The summed E-state index contributed by atoms with van der Waals surface area (Å²) in [6, 6.07) is 0. The van der Waals surface area contributed by atoms with E-state index in [1.54, 1.807) is 0 Å². The molecule has 0 aliphatic carbocycles. The predicted octanol–water partition coefficient (Wildman–Crippen LogP) is 16.2. The van der Waals surface area contributed by atoms with E-state index in [-0.39, 0.29) is 31.1 Å². The van der Waals surface area contributed by atoms with Crippen LogP contribution in [0.15, 0.2) is 97.2 Å². The van der Waals surface area contributed by atoms with Crippen LogP contribution in [0.1, 0.15) is 213 Å². The third-order valence-corrected chi connectivity index (χ3v) is 10.1. The molecule has 0 radical (unpaired) electrons. The zero-order valence-corrected chi connectivity index (χ0v) is 39.4. The van der Waals surface area contributed by atoms with Crippen LogP contribution in [0, 0.1) is 0 Å². The van der Waals surface area contributed by atoms with Gasteiger partial charge in [-0.25, -0.2) is 0 Å². The summed E-state index contributed by atoms with van der Waals surface area (Å²) in [5.41, 5.74) is 0. The number of allylic oxidation sites excluding steroid dienone is 16. The van der Waals surface area contributed by atoms with Crippen LogP contribution in [0.2, 0.25) is 0 Å². The standard InChI is InChI=1S/C55H90O6/c1-4-7-10-13-15-17-19-21-23-25-27-29-31-33-35-37-39-42-45-48-54(57)60-51-52(50-59-53(56)47-44-41-12-9-6-3)61-55(58)49-46-43-40-38-36-34-32-30-28-26-24-22-20-18-16-14-11-8-5-2/h7-8,10-11,15-18,21-24,27-30,52H,4-6,9,12-14,19-20,25-26,31-51H2,1-3H3/b10-7-,11-8-,17-15-,18-16-,23-21-,24-22-,29-27-,30-28-. The Bertz CT molecular complexity index is 1250. The Balaban J connectivity index is 4.26. The van der Waals surface area contributed by atoms with Crippen molar-refractivity contribution in [1.82, 2.24) is 0 Å². The van der Waals surface area contributed by atoms with E-state index in [0.717, 1.165) is 141 Å². The van der Waals surface area contributed by atoms with E-state index in [1.165, 1.54) is 32.1 Å². The topological polar surface area (TPSA) is 78.9 Å². The summed E-state index contributed by atoms with van der Waals surface area (Å²) in [5, 5.41) is 0. The number of unbranched alkanes of at least 4 members (excludes halogenated alkanes) is 16. The molecule has 0 spiro atoms. The van der Waals surface area contributed by atoms with Gasteiger partial charge >= 0.3 is 17.9 Å². The van der Waals surface area contributed by atoms with E-state index < -0.39 is 6.10 Å². The average molecular weight is 847 g/mol. The van der Waals surface area contributed by atoms with E-state index >= 15 is 0 Å². The molecular formula is C55H90O6. The van der Waals surface area contributed by atoms with Crippen LogP contribution < -0.4 is 0 Å². The molecule has 61 heavy (non-hydrogen) atoms. The summed E-state index contributed by atoms with van der Waals surface area (Å²) in [6.45, 7) is 6.29. The van der Waals surface area contributed by atoms with Crippen molar-refractivity contribution >= 4 is 17.9 Å². The summed E-state index contributed by atoms with van der Waals surface area (Å²) in [4.78, 5) is 37.6. The highest BCUT2D eigenvalue weighted by atomic mass is 16.6.